The average molecular weight is 1180 g/mol. The van der Waals surface area contributed by atoms with Gasteiger partial charge < -0.3 is 18.6 Å². The van der Waals surface area contributed by atoms with E-state index in [1.807, 2.05) is 0 Å². The molecule has 0 amide bonds. The number of nitrogens with zero attached hydrogens (tertiary/aromatic N) is 2. The van der Waals surface area contributed by atoms with Crippen LogP contribution in [0.5, 0.6) is 0 Å². The summed E-state index contributed by atoms with van der Waals surface area (Å²) in [4.78, 5) is 4.84. The number of furan rings is 2. The molecule has 0 aliphatic heterocycles. The van der Waals surface area contributed by atoms with E-state index in [2.05, 4.69) is 329 Å². The molecule has 2 aromatic heterocycles. The van der Waals surface area contributed by atoms with E-state index in [1.165, 1.54) is 66.4 Å². The minimum Gasteiger partial charge on any atom is -0.454 e. The lowest BCUT2D eigenvalue weighted by molar-refractivity contribution is 0.660. The van der Waals surface area contributed by atoms with Gasteiger partial charge in [-0.1, -0.05) is 234 Å². The molecule has 0 saturated carbocycles. The fourth-order valence-corrected chi connectivity index (χ4v) is 16.1. The predicted octanol–water partition coefficient (Wildman–Crippen LogP) is 25.0. The number of rotatable bonds is 8. The summed E-state index contributed by atoms with van der Waals surface area (Å²) < 4.78 is 14.0. The molecule has 19 rings (SSSR count). The van der Waals surface area contributed by atoms with Crippen molar-refractivity contribution in [3.63, 3.8) is 0 Å². The molecule has 434 valence electrons. The third kappa shape index (κ3) is 7.64. The highest BCUT2D eigenvalue weighted by molar-refractivity contribution is 6.24. The standard InChI is InChI=1S/C88H60N2O2/c1-87(2)75-29-13-9-23-63(75)65-43-37-57(49-77(65)87)83-69-45-41-62(90(60-40-36-54-20-6-8-22-56(54)48-60)80-32-18-28-72-68-26-12-16-34-82(68)92-86(72)80)52-74(69)84(58-38-44-66-64-24-10-14-30-76(64)88(3,4)78(66)50-58)70-46-42-61(51-73(70)83)89(59-39-35-53-19-5-7-21-55(53)47-59)79-31-17-27-71-67-25-11-15-33-81(67)91-85(71)79/h5-52H,1-4H3. The van der Waals surface area contributed by atoms with E-state index in [0.717, 1.165) is 121 Å². The van der Waals surface area contributed by atoms with Crippen LogP contribution in [0.25, 0.3) is 131 Å². The second-order valence-corrected chi connectivity index (χ2v) is 26.3. The molecule has 0 atom stereocenters. The number of para-hydroxylation sites is 4. The Morgan fingerprint density at radius 2 is 0.620 bits per heavy atom. The van der Waals surface area contributed by atoms with Crippen LogP contribution in [0.2, 0.25) is 0 Å². The van der Waals surface area contributed by atoms with Crippen LogP contribution in [0.15, 0.2) is 300 Å². The Labute approximate surface area is 533 Å². The quantitative estimate of drug-likeness (QED) is 0.142. The molecule has 15 aromatic carbocycles. The summed E-state index contributed by atoms with van der Waals surface area (Å²) in [6, 6.07) is 108. The van der Waals surface area contributed by atoms with Crippen LogP contribution in [-0.4, -0.2) is 0 Å². The molecule has 4 heteroatoms. The Balaban J connectivity index is 0.940. The van der Waals surface area contributed by atoms with Crippen molar-refractivity contribution < 1.29 is 8.83 Å². The largest absolute Gasteiger partial charge is 0.454 e. The fourth-order valence-electron chi connectivity index (χ4n) is 16.1. The molecule has 0 bridgehead atoms. The first-order valence-corrected chi connectivity index (χ1v) is 32.0. The number of fused-ring (bicyclic) bond motifs is 16. The molecular formula is C88H60N2O2. The van der Waals surface area contributed by atoms with Crippen LogP contribution in [0.3, 0.4) is 0 Å². The van der Waals surface area contributed by atoms with E-state index >= 15 is 0 Å². The lowest BCUT2D eigenvalue weighted by atomic mass is 9.79. The Morgan fingerprint density at radius 1 is 0.250 bits per heavy atom. The van der Waals surface area contributed by atoms with Crippen LogP contribution in [0.4, 0.5) is 34.1 Å². The van der Waals surface area contributed by atoms with E-state index in [4.69, 9.17) is 8.83 Å². The highest BCUT2D eigenvalue weighted by Crippen LogP contribution is 2.56. The van der Waals surface area contributed by atoms with E-state index in [1.54, 1.807) is 0 Å². The van der Waals surface area contributed by atoms with E-state index in [-0.39, 0.29) is 10.8 Å². The first kappa shape index (κ1) is 52.5. The number of hydrogen-bond acceptors (Lipinski definition) is 4. The van der Waals surface area contributed by atoms with Crippen LogP contribution in [0.1, 0.15) is 49.9 Å². The second kappa shape index (κ2) is 19.5. The molecule has 2 aliphatic carbocycles. The molecule has 0 unspecified atom stereocenters. The minimum absolute atomic E-state index is 0.239. The third-order valence-electron chi connectivity index (χ3n) is 20.6. The Morgan fingerprint density at radius 3 is 1.09 bits per heavy atom. The smallest absolute Gasteiger partial charge is 0.159 e. The molecule has 4 nitrogen and oxygen atoms in total. The number of anilines is 6. The summed E-state index contributed by atoms with van der Waals surface area (Å²) in [5.41, 5.74) is 24.2. The van der Waals surface area contributed by atoms with E-state index in [9.17, 15) is 0 Å². The Bertz CT molecular complexity index is 5630. The number of benzene rings is 15. The van der Waals surface area contributed by atoms with E-state index < -0.39 is 0 Å². The van der Waals surface area contributed by atoms with Gasteiger partial charge in [-0.2, -0.15) is 0 Å². The summed E-state index contributed by atoms with van der Waals surface area (Å²) >= 11 is 0. The van der Waals surface area contributed by atoms with Gasteiger partial charge in [0.1, 0.15) is 11.2 Å². The van der Waals surface area contributed by atoms with Crippen LogP contribution in [0, 0.1) is 0 Å². The molecule has 17 aromatic rings. The molecule has 2 heterocycles. The molecule has 0 N–H and O–H groups in total. The summed E-state index contributed by atoms with van der Waals surface area (Å²) in [6.07, 6.45) is 0. The van der Waals surface area contributed by atoms with Gasteiger partial charge in [-0.3, -0.25) is 0 Å². The van der Waals surface area contributed by atoms with Gasteiger partial charge in [0, 0.05) is 55.1 Å². The summed E-state index contributed by atoms with van der Waals surface area (Å²) in [5.74, 6) is 0. The Kier molecular flexibility index (Phi) is 11.1. The SMILES string of the molecule is CC1(C)c2ccccc2-c2ccc(-c3c4ccc(N(c5ccc6ccccc6c5)c5cccc6c5oc5ccccc56)cc4c(-c4ccc5c(c4)C(C)(C)c4ccccc4-5)c4ccc(N(c5ccc6ccccc6c5)c5cccc6c5oc5ccccc56)cc34)cc21. The van der Waals surface area contributed by atoms with Crippen molar-refractivity contribution in [1.29, 1.82) is 0 Å². The van der Waals surface area contributed by atoms with Gasteiger partial charge >= 0.3 is 0 Å². The molecule has 0 saturated heterocycles. The first-order valence-electron chi connectivity index (χ1n) is 32.0. The van der Waals surface area contributed by atoms with Crippen molar-refractivity contribution in [2.75, 3.05) is 9.80 Å². The Hall–Kier alpha value is -11.5. The lowest BCUT2D eigenvalue weighted by Crippen LogP contribution is -2.15. The number of hydrogen-bond donors (Lipinski definition) is 0. The zero-order valence-electron chi connectivity index (χ0n) is 51.4. The average Bonchev–Trinajstić information content (AvgIpc) is 0.917. The summed E-state index contributed by atoms with van der Waals surface area (Å²) in [6.45, 7) is 9.57. The van der Waals surface area contributed by atoms with Crippen molar-refractivity contribution in [2.45, 2.75) is 38.5 Å². The first-order chi connectivity index (χ1) is 45.1. The normalized spacial score (nSPS) is 13.6. The van der Waals surface area contributed by atoms with E-state index in [0.29, 0.717) is 0 Å². The van der Waals surface area contributed by atoms with Crippen molar-refractivity contribution in [3.8, 4) is 44.5 Å². The van der Waals surface area contributed by atoms with Gasteiger partial charge in [0.05, 0.1) is 11.4 Å². The van der Waals surface area contributed by atoms with Gasteiger partial charge in [0.15, 0.2) is 11.2 Å². The highest BCUT2D eigenvalue weighted by atomic mass is 16.3. The maximum Gasteiger partial charge on any atom is 0.159 e. The van der Waals surface area contributed by atoms with Crippen molar-refractivity contribution in [3.05, 3.63) is 313 Å². The van der Waals surface area contributed by atoms with Gasteiger partial charge in [0.25, 0.3) is 0 Å². The molecule has 92 heavy (non-hydrogen) atoms. The van der Waals surface area contributed by atoms with Crippen molar-refractivity contribution >= 4 is 121 Å². The fraction of sp³-hybridized carbons (Fsp3) is 0.0682. The lowest BCUT2D eigenvalue weighted by Gasteiger charge is -2.29. The zero-order chi connectivity index (χ0) is 61.1. The zero-order valence-corrected chi connectivity index (χ0v) is 51.4. The van der Waals surface area contributed by atoms with Crippen LogP contribution in [-0.2, 0) is 10.8 Å². The maximum atomic E-state index is 6.98. The van der Waals surface area contributed by atoms with Crippen molar-refractivity contribution in [2.24, 2.45) is 0 Å². The van der Waals surface area contributed by atoms with Gasteiger partial charge in [0.2, 0.25) is 0 Å². The monoisotopic (exact) mass is 1180 g/mol. The van der Waals surface area contributed by atoms with Crippen LogP contribution >= 0.6 is 0 Å². The molecule has 0 spiro atoms. The van der Waals surface area contributed by atoms with Gasteiger partial charge in [-0.05, 0) is 195 Å². The van der Waals surface area contributed by atoms with Crippen LogP contribution < -0.4 is 9.80 Å². The molecule has 0 fully saturated rings. The summed E-state index contributed by atoms with van der Waals surface area (Å²) in [7, 11) is 0. The minimum atomic E-state index is -0.239. The predicted molar refractivity (Wildman–Crippen MR) is 386 cm³/mol. The van der Waals surface area contributed by atoms with Crippen molar-refractivity contribution in [1.82, 2.24) is 0 Å². The molecular weight excluding hydrogens is 1120 g/mol. The second-order valence-electron chi connectivity index (χ2n) is 26.3. The topological polar surface area (TPSA) is 32.8 Å². The molecule has 0 radical (unpaired) electrons. The molecule has 2 aliphatic rings. The highest BCUT2D eigenvalue weighted by Gasteiger charge is 2.38. The maximum absolute atomic E-state index is 6.98. The van der Waals surface area contributed by atoms with Gasteiger partial charge in [-0.15, -0.1) is 0 Å². The summed E-state index contributed by atoms with van der Waals surface area (Å²) in [5, 5.41) is 13.6. The third-order valence-corrected chi connectivity index (χ3v) is 20.6. The van der Waals surface area contributed by atoms with Gasteiger partial charge in [-0.25, -0.2) is 0 Å².